The van der Waals surface area contributed by atoms with Crippen LogP contribution in [0, 0.1) is 0 Å². The predicted molar refractivity (Wildman–Crippen MR) is 178 cm³/mol. The lowest BCUT2D eigenvalue weighted by molar-refractivity contribution is 1.10. The molecule has 0 fully saturated rings. The van der Waals surface area contributed by atoms with Crippen molar-refractivity contribution in [1.29, 1.82) is 0 Å². The molecule has 3 aliphatic heterocycles. The maximum absolute atomic E-state index is 5.18. The van der Waals surface area contributed by atoms with Crippen molar-refractivity contribution >= 4 is 47.1 Å². The lowest BCUT2D eigenvalue weighted by Crippen LogP contribution is -2.02. The summed E-state index contributed by atoms with van der Waals surface area (Å²) < 4.78 is 2.43. The van der Waals surface area contributed by atoms with Gasteiger partial charge in [-0.05, 0) is 125 Å². The topological polar surface area (TPSA) is 24.7 Å². The average molecular weight is 549 g/mol. The molecule has 0 N–H and O–H groups in total. The fourth-order valence-electron chi connectivity index (χ4n) is 6.23. The van der Waals surface area contributed by atoms with E-state index in [0.29, 0.717) is 0 Å². The van der Waals surface area contributed by atoms with Gasteiger partial charge in [0, 0.05) is 9.06 Å². The van der Waals surface area contributed by atoms with Crippen LogP contribution >= 0.6 is 11.3 Å². The molecule has 0 saturated carbocycles. The van der Waals surface area contributed by atoms with Crippen molar-refractivity contribution in [1.82, 2.24) is 0 Å². The van der Waals surface area contributed by atoms with Crippen LogP contribution in [0.4, 0.5) is 0 Å². The molecule has 8 bridgehead atoms. The van der Waals surface area contributed by atoms with Crippen molar-refractivity contribution in [2.75, 3.05) is 0 Å². The zero-order valence-corrected chi connectivity index (χ0v) is 24.8. The third kappa shape index (κ3) is 4.51. The van der Waals surface area contributed by atoms with Gasteiger partial charge in [-0.1, -0.05) is 68.4 Å². The maximum Gasteiger partial charge on any atom is 0.0683 e. The summed E-state index contributed by atoms with van der Waals surface area (Å²) in [5.41, 5.74) is 16.7. The van der Waals surface area contributed by atoms with Gasteiger partial charge in [0.15, 0.2) is 0 Å². The van der Waals surface area contributed by atoms with Crippen LogP contribution in [-0.4, -0.2) is 11.4 Å². The van der Waals surface area contributed by atoms with Crippen molar-refractivity contribution in [2.24, 2.45) is 9.98 Å². The van der Waals surface area contributed by atoms with E-state index < -0.39 is 0 Å². The molecule has 0 radical (unpaired) electrons. The minimum absolute atomic E-state index is 0.949. The zero-order chi connectivity index (χ0) is 28.1. The summed E-state index contributed by atoms with van der Waals surface area (Å²) >= 11 is 1.79. The predicted octanol–water partition coefficient (Wildman–Crippen LogP) is 8.84. The van der Waals surface area contributed by atoms with E-state index in [0.717, 1.165) is 35.7 Å². The Kier molecular flexibility index (Phi) is 6.40. The number of hydrogen-bond acceptors (Lipinski definition) is 3. The van der Waals surface area contributed by atoms with Crippen LogP contribution in [0.25, 0.3) is 46.6 Å². The van der Waals surface area contributed by atoms with Gasteiger partial charge in [-0.2, -0.15) is 0 Å². The minimum Gasteiger partial charge on any atom is -0.248 e. The monoisotopic (exact) mass is 548 g/mol. The van der Waals surface area contributed by atoms with Crippen LogP contribution in [0.1, 0.15) is 51.7 Å². The SMILES string of the molecule is CCC1=C(C)C2=NC1=Cc1cc(c3ccc(-c4ccccc4)ccc1-3)C=C1N=C(C=c3ccc(s3)=C2)C(C)=C1CC. The Labute approximate surface area is 245 Å². The Morgan fingerprint density at radius 3 is 1.54 bits per heavy atom. The molecule has 0 saturated heterocycles. The summed E-state index contributed by atoms with van der Waals surface area (Å²) in [5, 5.41) is 0. The van der Waals surface area contributed by atoms with Crippen molar-refractivity contribution < 1.29 is 0 Å². The second kappa shape index (κ2) is 10.2. The number of benzene rings is 1. The molecule has 4 heterocycles. The highest BCUT2D eigenvalue weighted by Gasteiger charge is 2.22. The number of hydrogen-bond donors (Lipinski definition) is 0. The standard InChI is InChI=1S/C38H32N2S/c1-5-31-23(3)35-21-29-14-15-30(41-29)22-36-24(4)32(6-2)38(40-36)20-28-18-27(19-37(31)39-35)33-16-12-26(13-17-34(28)33)25-10-8-7-9-11-25/h7-22H,5-6H2,1-4H3. The van der Waals surface area contributed by atoms with Gasteiger partial charge in [0.1, 0.15) is 0 Å². The lowest BCUT2D eigenvalue weighted by Gasteiger charge is -2.03. The van der Waals surface area contributed by atoms with E-state index in [2.05, 4.69) is 125 Å². The van der Waals surface area contributed by atoms with Crippen molar-refractivity contribution in [2.45, 2.75) is 40.5 Å². The second-order valence-electron chi connectivity index (χ2n) is 10.9. The summed E-state index contributed by atoms with van der Waals surface area (Å²) in [6, 6.07) is 26.4. The molecule has 0 atom stereocenters. The van der Waals surface area contributed by atoms with Gasteiger partial charge < -0.3 is 0 Å². The largest absolute Gasteiger partial charge is 0.248 e. The van der Waals surface area contributed by atoms with Gasteiger partial charge >= 0.3 is 0 Å². The van der Waals surface area contributed by atoms with E-state index in [9.17, 15) is 0 Å². The van der Waals surface area contributed by atoms with Crippen LogP contribution in [0.5, 0.6) is 0 Å². The highest BCUT2D eigenvalue weighted by molar-refractivity contribution is 7.08. The lowest BCUT2D eigenvalue weighted by atomic mass is 10.0. The zero-order valence-electron chi connectivity index (χ0n) is 24.0. The number of aliphatic imine (C=N–C) groups is 2. The minimum atomic E-state index is 0.949. The molecule has 200 valence electrons. The molecule has 41 heavy (non-hydrogen) atoms. The molecule has 5 aliphatic rings. The molecule has 0 amide bonds. The van der Waals surface area contributed by atoms with Gasteiger partial charge in [-0.3, -0.25) is 0 Å². The van der Waals surface area contributed by atoms with Crippen molar-refractivity contribution in [3.05, 3.63) is 127 Å². The van der Waals surface area contributed by atoms with Crippen molar-refractivity contribution in [3.63, 3.8) is 0 Å². The van der Waals surface area contributed by atoms with E-state index in [1.165, 1.54) is 64.7 Å². The van der Waals surface area contributed by atoms with Gasteiger partial charge in [-0.25, -0.2) is 9.98 Å². The Hall–Kier alpha value is -4.34. The molecule has 1 aromatic carbocycles. The number of thiophene rings is 1. The van der Waals surface area contributed by atoms with Crippen LogP contribution in [0.2, 0.25) is 0 Å². The van der Waals surface area contributed by atoms with Gasteiger partial charge in [0.2, 0.25) is 0 Å². The number of nitrogens with zero attached hydrogens (tertiary/aromatic N) is 2. The van der Waals surface area contributed by atoms with Gasteiger partial charge in [-0.15, -0.1) is 11.3 Å². The fourth-order valence-corrected chi connectivity index (χ4v) is 7.11. The van der Waals surface area contributed by atoms with Crippen LogP contribution in [-0.2, 0) is 0 Å². The second-order valence-corrected chi connectivity index (χ2v) is 12.0. The Bertz CT molecular complexity index is 1880. The van der Waals surface area contributed by atoms with E-state index in [-0.39, 0.29) is 0 Å². The quantitative estimate of drug-likeness (QED) is 0.244. The normalized spacial score (nSPS) is 16.3. The fraction of sp³-hybridized carbons (Fsp3) is 0.158. The molecule has 7 rings (SSSR count). The van der Waals surface area contributed by atoms with Gasteiger partial charge in [0.25, 0.3) is 0 Å². The number of rotatable bonds is 3. The summed E-state index contributed by atoms with van der Waals surface area (Å²) in [7, 11) is 0. The summed E-state index contributed by atoms with van der Waals surface area (Å²) in [5.74, 6) is 0. The highest BCUT2D eigenvalue weighted by Crippen LogP contribution is 2.40. The van der Waals surface area contributed by atoms with Crippen LogP contribution in [0.15, 0.2) is 116 Å². The smallest absolute Gasteiger partial charge is 0.0683 e. The first-order chi connectivity index (χ1) is 20.0. The highest BCUT2D eigenvalue weighted by atomic mass is 32.1. The molecular formula is C38H32N2S. The Balaban J connectivity index is 1.53. The van der Waals surface area contributed by atoms with E-state index in [1.807, 2.05) is 0 Å². The first-order valence-electron chi connectivity index (χ1n) is 14.5. The third-order valence-electron chi connectivity index (χ3n) is 8.46. The summed E-state index contributed by atoms with van der Waals surface area (Å²) in [4.78, 5) is 10.4. The summed E-state index contributed by atoms with van der Waals surface area (Å²) in [6.45, 7) is 8.88. The van der Waals surface area contributed by atoms with E-state index >= 15 is 0 Å². The molecule has 2 aliphatic carbocycles. The number of fused-ring (bicyclic) bond motifs is 9. The van der Waals surface area contributed by atoms with E-state index in [4.69, 9.17) is 9.98 Å². The van der Waals surface area contributed by atoms with Crippen LogP contribution < -0.4 is 9.06 Å². The molecule has 3 heteroatoms. The molecule has 1 aromatic heterocycles. The van der Waals surface area contributed by atoms with Crippen molar-refractivity contribution in [3.8, 4) is 22.3 Å². The third-order valence-corrected chi connectivity index (χ3v) is 9.44. The average Bonchev–Trinajstić information content (AvgIpc) is 3.66. The molecule has 2 aromatic rings. The maximum atomic E-state index is 5.18. The molecular weight excluding hydrogens is 516 g/mol. The molecule has 0 spiro atoms. The summed E-state index contributed by atoms with van der Waals surface area (Å²) in [6.07, 6.45) is 11.0. The Morgan fingerprint density at radius 1 is 0.561 bits per heavy atom. The first-order valence-corrected chi connectivity index (χ1v) is 15.3. The molecule has 2 nitrogen and oxygen atoms in total. The Morgan fingerprint density at radius 2 is 1.05 bits per heavy atom. The van der Waals surface area contributed by atoms with Gasteiger partial charge in [0.05, 0.1) is 22.8 Å². The molecule has 0 unspecified atom stereocenters. The van der Waals surface area contributed by atoms with E-state index in [1.54, 1.807) is 11.3 Å². The first kappa shape index (κ1) is 25.6. The van der Waals surface area contributed by atoms with Crippen LogP contribution in [0.3, 0.4) is 0 Å². The number of allylic oxidation sites excluding steroid dienone is 4.